The van der Waals surface area contributed by atoms with Gasteiger partial charge in [0.25, 0.3) is 5.91 Å². The molecule has 0 unspecified atom stereocenters. The van der Waals surface area contributed by atoms with Crippen molar-refractivity contribution in [2.75, 3.05) is 39.2 Å². The van der Waals surface area contributed by atoms with E-state index in [0.717, 1.165) is 28.9 Å². The van der Waals surface area contributed by atoms with Gasteiger partial charge in [-0.3, -0.25) is 14.4 Å². The molecule has 0 atom stereocenters. The van der Waals surface area contributed by atoms with Crippen molar-refractivity contribution >= 4 is 32.6 Å². The first kappa shape index (κ1) is 21.3. The molecule has 0 bridgehead atoms. The summed E-state index contributed by atoms with van der Waals surface area (Å²) in [4.78, 5) is 22.0. The van der Waals surface area contributed by atoms with Crippen LogP contribution in [0.25, 0.3) is 10.2 Å². The minimum atomic E-state index is -0.121. The predicted octanol–water partition coefficient (Wildman–Crippen LogP) is 3.99. The van der Waals surface area contributed by atoms with Gasteiger partial charge in [-0.15, -0.1) is 0 Å². The van der Waals surface area contributed by atoms with Crippen LogP contribution in [-0.2, 0) is 0 Å². The van der Waals surface area contributed by atoms with Crippen LogP contribution >= 0.6 is 11.3 Å². The van der Waals surface area contributed by atoms with Gasteiger partial charge in [0.05, 0.1) is 11.8 Å². The van der Waals surface area contributed by atoms with Gasteiger partial charge in [0.2, 0.25) is 0 Å². The molecule has 3 aromatic rings. The van der Waals surface area contributed by atoms with Crippen molar-refractivity contribution in [2.24, 2.45) is 0 Å². The molecule has 0 aliphatic carbocycles. The molecule has 1 amide bonds. The van der Waals surface area contributed by atoms with Crippen LogP contribution < -0.4 is 9.64 Å². The number of ether oxygens (including phenoxy) is 1. The molecule has 1 aromatic carbocycles. The molecule has 7 nitrogen and oxygen atoms in total. The number of carbonyl (C=O) groups is 1. The molecule has 2 heterocycles. The zero-order chi connectivity index (χ0) is 21.1. The van der Waals surface area contributed by atoms with Gasteiger partial charge in [-0.2, -0.15) is 5.10 Å². The molecule has 29 heavy (non-hydrogen) atoms. The molecule has 0 saturated heterocycles. The molecule has 8 heteroatoms. The summed E-state index contributed by atoms with van der Waals surface area (Å²) < 4.78 is 8.32. The summed E-state index contributed by atoms with van der Waals surface area (Å²) in [6, 6.07) is 7.88. The first-order valence-electron chi connectivity index (χ1n) is 9.78. The lowest BCUT2D eigenvalue weighted by Gasteiger charge is -2.20. The fourth-order valence-electron chi connectivity index (χ4n) is 3.27. The maximum atomic E-state index is 13.4. The van der Waals surface area contributed by atoms with Crippen LogP contribution in [0.1, 0.15) is 42.5 Å². The Balaban J connectivity index is 1.98. The molecule has 0 spiro atoms. The first-order chi connectivity index (χ1) is 13.8. The van der Waals surface area contributed by atoms with Gasteiger partial charge in [-0.05, 0) is 66.0 Å². The number of rotatable bonds is 8. The quantitative estimate of drug-likeness (QED) is 0.557. The number of carbonyl (C=O) groups excluding carboxylic acids is 1. The van der Waals surface area contributed by atoms with Crippen LogP contribution in [0.15, 0.2) is 24.3 Å². The fraction of sp³-hybridized carbons (Fsp3) is 0.476. The van der Waals surface area contributed by atoms with E-state index in [1.165, 1.54) is 11.3 Å². The van der Waals surface area contributed by atoms with Crippen LogP contribution in [0.5, 0.6) is 5.75 Å². The van der Waals surface area contributed by atoms with Crippen molar-refractivity contribution in [3.63, 3.8) is 0 Å². The Bertz CT molecular complexity index is 992. The highest BCUT2D eigenvalue weighted by Crippen LogP contribution is 2.34. The highest BCUT2D eigenvalue weighted by Gasteiger charge is 2.25. The number of para-hydroxylation sites is 1. The predicted molar refractivity (Wildman–Crippen MR) is 118 cm³/mol. The Kier molecular flexibility index (Phi) is 6.54. The third-order valence-corrected chi connectivity index (χ3v) is 5.73. The average molecular weight is 416 g/mol. The summed E-state index contributed by atoms with van der Waals surface area (Å²) >= 11 is 1.50. The summed E-state index contributed by atoms with van der Waals surface area (Å²) in [5.74, 6) is 0.592. The van der Waals surface area contributed by atoms with E-state index in [0.29, 0.717) is 23.1 Å². The maximum Gasteiger partial charge on any atom is 0.280 e. The average Bonchev–Trinajstić information content (AvgIpc) is 3.27. The summed E-state index contributed by atoms with van der Waals surface area (Å²) in [7, 11) is 5.69. The number of aryl methyl sites for hydroxylation is 1. The Morgan fingerprint density at radius 1 is 1.28 bits per heavy atom. The third-order valence-electron chi connectivity index (χ3n) is 4.68. The van der Waals surface area contributed by atoms with E-state index >= 15 is 0 Å². The van der Waals surface area contributed by atoms with Crippen molar-refractivity contribution < 1.29 is 9.53 Å². The number of nitrogens with zero attached hydrogens (tertiary/aromatic N) is 5. The molecule has 3 rings (SSSR count). The number of fused-ring (bicyclic) bond motifs is 1. The van der Waals surface area contributed by atoms with Gasteiger partial charge in [-0.25, -0.2) is 4.98 Å². The monoisotopic (exact) mass is 415 g/mol. The summed E-state index contributed by atoms with van der Waals surface area (Å²) in [6.45, 7) is 7.55. The van der Waals surface area contributed by atoms with E-state index < -0.39 is 0 Å². The van der Waals surface area contributed by atoms with Crippen molar-refractivity contribution in [3.8, 4) is 5.75 Å². The van der Waals surface area contributed by atoms with E-state index in [4.69, 9.17) is 9.72 Å². The SMILES string of the molecule is COc1cccc2sc(N(CCCN(C)C)C(=O)c3cc(C)n(C(C)C)n3)nc12. The van der Waals surface area contributed by atoms with Crippen LogP contribution in [0.2, 0.25) is 0 Å². The Morgan fingerprint density at radius 3 is 2.66 bits per heavy atom. The Morgan fingerprint density at radius 2 is 2.03 bits per heavy atom. The maximum absolute atomic E-state index is 13.4. The van der Waals surface area contributed by atoms with Gasteiger partial charge in [0.1, 0.15) is 11.3 Å². The van der Waals surface area contributed by atoms with Gasteiger partial charge in [-0.1, -0.05) is 17.4 Å². The van der Waals surface area contributed by atoms with Gasteiger partial charge < -0.3 is 9.64 Å². The van der Waals surface area contributed by atoms with Crippen molar-refractivity contribution in [3.05, 3.63) is 35.7 Å². The molecule has 0 fully saturated rings. The van der Waals surface area contributed by atoms with E-state index in [9.17, 15) is 4.79 Å². The van der Waals surface area contributed by atoms with Crippen LogP contribution in [0, 0.1) is 6.92 Å². The van der Waals surface area contributed by atoms with E-state index in [-0.39, 0.29) is 11.9 Å². The second-order valence-corrected chi connectivity index (χ2v) is 8.64. The summed E-state index contributed by atoms with van der Waals surface area (Å²) in [5.41, 5.74) is 2.21. The van der Waals surface area contributed by atoms with Crippen molar-refractivity contribution in [2.45, 2.75) is 33.2 Å². The minimum absolute atomic E-state index is 0.121. The molecule has 0 saturated carbocycles. The largest absolute Gasteiger partial charge is 0.494 e. The number of benzene rings is 1. The van der Waals surface area contributed by atoms with Gasteiger partial charge in [0, 0.05) is 18.3 Å². The number of hydrogen-bond donors (Lipinski definition) is 0. The standard InChI is InChI=1S/C21H29N5O2S/c1-14(2)26-15(3)13-16(23-26)20(27)25(12-8-11-24(4)5)21-22-19-17(28-6)9-7-10-18(19)29-21/h7,9-10,13-14H,8,11-12H2,1-6H3. The molecular weight excluding hydrogens is 386 g/mol. The second-order valence-electron chi connectivity index (χ2n) is 7.63. The second kappa shape index (κ2) is 8.92. The number of thiazole rings is 1. The Labute approximate surface area is 175 Å². The number of anilines is 1. The third kappa shape index (κ3) is 4.59. The number of hydrogen-bond acceptors (Lipinski definition) is 6. The minimum Gasteiger partial charge on any atom is -0.494 e. The van der Waals surface area contributed by atoms with E-state index in [1.54, 1.807) is 12.0 Å². The van der Waals surface area contributed by atoms with E-state index in [1.807, 2.05) is 50.0 Å². The smallest absolute Gasteiger partial charge is 0.280 e. The zero-order valence-corrected chi connectivity index (χ0v) is 18.8. The number of amides is 1. The lowest BCUT2D eigenvalue weighted by Crippen LogP contribution is -2.33. The Hall–Kier alpha value is -2.45. The molecule has 0 aliphatic rings. The summed E-state index contributed by atoms with van der Waals surface area (Å²) in [5, 5.41) is 5.22. The first-order valence-corrected chi connectivity index (χ1v) is 10.6. The normalized spacial score (nSPS) is 11.6. The molecule has 0 radical (unpaired) electrons. The van der Waals surface area contributed by atoms with Crippen LogP contribution in [0.3, 0.4) is 0 Å². The van der Waals surface area contributed by atoms with Crippen LogP contribution in [0.4, 0.5) is 5.13 Å². The topological polar surface area (TPSA) is 63.5 Å². The van der Waals surface area contributed by atoms with Crippen molar-refractivity contribution in [1.82, 2.24) is 19.7 Å². The van der Waals surface area contributed by atoms with E-state index in [2.05, 4.69) is 23.8 Å². The molecular formula is C21H29N5O2S. The van der Waals surface area contributed by atoms with Gasteiger partial charge >= 0.3 is 0 Å². The van der Waals surface area contributed by atoms with Crippen molar-refractivity contribution in [1.29, 1.82) is 0 Å². The summed E-state index contributed by atoms with van der Waals surface area (Å²) in [6.07, 6.45) is 0.843. The molecule has 2 aromatic heterocycles. The van der Waals surface area contributed by atoms with Gasteiger partial charge in [0.15, 0.2) is 10.8 Å². The highest BCUT2D eigenvalue weighted by atomic mass is 32.1. The number of aromatic nitrogens is 3. The molecule has 156 valence electrons. The lowest BCUT2D eigenvalue weighted by molar-refractivity contribution is 0.0980. The fourth-order valence-corrected chi connectivity index (χ4v) is 4.28. The van der Waals surface area contributed by atoms with Crippen LogP contribution in [-0.4, -0.2) is 59.9 Å². The molecule has 0 aliphatic heterocycles. The highest BCUT2D eigenvalue weighted by molar-refractivity contribution is 7.22. The lowest BCUT2D eigenvalue weighted by atomic mass is 10.3. The number of methoxy groups -OCH3 is 1. The zero-order valence-electron chi connectivity index (χ0n) is 18.0. The molecule has 0 N–H and O–H groups in total.